The molecule has 0 aliphatic rings. The van der Waals surface area contributed by atoms with Crippen LogP contribution < -0.4 is 0 Å². The summed E-state index contributed by atoms with van der Waals surface area (Å²) >= 11 is 0. The van der Waals surface area contributed by atoms with Crippen LogP contribution in [0.1, 0.15) is 55.4 Å². The van der Waals surface area contributed by atoms with Crippen LogP contribution >= 0.6 is 0 Å². The number of aromatic hydroxyl groups is 2. The summed E-state index contributed by atoms with van der Waals surface area (Å²) < 4.78 is 0. The van der Waals surface area contributed by atoms with Gasteiger partial charge < -0.3 is 25.9 Å². The number of pyridine rings is 2. The van der Waals surface area contributed by atoms with Crippen molar-refractivity contribution in [1.82, 2.24) is 9.97 Å². The first kappa shape index (κ1) is 35.6. The molecule has 4 aromatic rings. The largest absolute Gasteiger partial charge is 0.508 e. The fraction of sp³-hybridized carbons (Fsp3) is 0.333. The third kappa shape index (κ3) is 22.7. The highest BCUT2D eigenvalue weighted by Crippen LogP contribution is 2.17. The van der Waals surface area contributed by atoms with E-state index in [4.69, 9.17) is 20.4 Å². The number of rotatable bonds is 0. The molecule has 0 bridgehead atoms. The molecule has 2 aromatic carbocycles. The SMILES string of the molecule is C=C(C)C.CC(C)(C)O.CC(C)(C)O.O.Oc1ccc2cccnc2c1.Oc1ccc2cccnc2c1. The molecule has 2 aromatic heterocycles. The highest BCUT2D eigenvalue weighted by molar-refractivity contribution is 5.80. The minimum atomic E-state index is -0.500. The molecule has 7 heteroatoms. The highest BCUT2D eigenvalue weighted by Gasteiger charge is 1.98. The van der Waals surface area contributed by atoms with Gasteiger partial charge in [0.1, 0.15) is 11.5 Å². The molecule has 0 saturated carbocycles. The van der Waals surface area contributed by atoms with E-state index in [9.17, 15) is 0 Å². The second-order valence-electron chi connectivity index (χ2n) is 10.3. The highest BCUT2D eigenvalue weighted by atomic mass is 16.3. The number of hydrogen-bond donors (Lipinski definition) is 4. The van der Waals surface area contributed by atoms with Gasteiger partial charge in [-0.1, -0.05) is 17.7 Å². The second kappa shape index (κ2) is 17.0. The molecule has 7 nitrogen and oxygen atoms in total. The van der Waals surface area contributed by atoms with E-state index < -0.39 is 11.2 Å². The van der Waals surface area contributed by atoms with Crippen LogP contribution in [0.15, 0.2) is 85.2 Å². The van der Waals surface area contributed by atoms with Crippen LogP contribution in [-0.2, 0) is 0 Å². The van der Waals surface area contributed by atoms with E-state index in [-0.39, 0.29) is 17.0 Å². The number of nitrogens with zero attached hydrogens (tertiary/aromatic N) is 2. The predicted octanol–water partition coefficient (Wildman–Crippen LogP) is 6.19. The van der Waals surface area contributed by atoms with E-state index in [1.54, 1.807) is 78.2 Å². The van der Waals surface area contributed by atoms with Crippen molar-refractivity contribution in [3.05, 3.63) is 85.2 Å². The van der Waals surface area contributed by atoms with Gasteiger partial charge in [0.15, 0.2) is 0 Å². The molecule has 4 rings (SSSR count). The first-order chi connectivity index (χ1) is 16.5. The number of allylic oxidation sites excluding steroid dienone is 1. The number of aromatic nitrogens is 2. The fourth-order valence-corrected chi connectivity index (χ4v) is 2.11. The van der Waals surface area contributed by atoms with Crippen LogP contribution in [0.5, 0.6) is 11.5 Å². The number of aliphatic hydroxyl groups is 2. The monoisotopic (exact) mass is 512 g/mol. The lowest BCUT2D eigenvalue weighted by Crippen LogP contribution is -2.10. The number of phenols is 2. The lowest BCUT2D eigenvalue weighted by Gasteiger charge is -2.04. The van der Waals surface area contributed by atoms with E-state index in [0.29, 0.717) is 0 Å². The van der Waals surface area contributed by atoms with Gasteiger partial charge in [-0.05, 0) is 91.8 Å². The Kier molecular flexibility index (Phi) is 16.4. The van der Waals surface area contributed by atoms with Gasteiger partial charge in [-0.3, -0.25) is 9.97 Å². The Labute approximate surface area is 221 Å². The zero-order chi connectivity index (χ0) is 27.9. The normalized spacial score (nSPS) is 10.0. The van der Waals surface area contributed by atoms with Gasteiger partial charge >= 0.3 is 0 Å². The van der Waals surface area contributed by atoms with Crippen molar-refractivity contribution in [1.29, 1.82) is 0 Å². The van der Waals surface area contributed by atoms with Crippen LogP contribution in [0.4, 0.5) is 0 Å². The maximum absolute atomic E-state index is 9.09. The first-order valence-corrected chi connectivity index (χ1v) is 11.6. The Morgan fingerprint density at radius 2 is 0.919 bits per heavy atom. The fourth-order valence-electron chi connectivity index (χ4n) is 2.11. The molecular weight excluding hydrogens is 468 g/mol. The van der Waals surface area contributed by atoms with Gasteiger partial charge in [-0.15, -0.1) is 6.58 Å². The Bertz CT molecular complexity index is 1090. The minimum absolute atomic E-state index is 0. The Hall–Kier alpha value is -3.52. The van der Waals surface area contributed by atoms with E-state index in [2.05, 4.69) is 16.5 Å². The first-order valence-electron chi connectivity index (χ1n) is 11.6. The molecule has 0 atom stereocenters. The number of fused-ring (bicyclic) bond motifs is 2. The Morgan fingerprint density at radius 1 is 0.649 bits per heavy atom. The van der Waals surface area contributed by atoms with Crippen molar-refractivity contribution >= 4 is 21.8 Å². The average molecular weight is 513 g/mol. The maximum atomic E-state index is 9.09. The van der Waals surface area contributed by atoms with Crippen LogP contribution in [-0.4, -0.2) is 47.1 Å². The molecule has 0 unspecified atom stereocenters. The number of benzene rings is 2. The second-order valence-corrected chi connectivity index (χ2v) is 10.3. The zero-order valence-corrected chi connectivity index (χ0v) is 23.3. The summed E-state index contributed by atoms with van der Waals surface area (Å²) in [5, 5.41) is 37.3. The summed E-state index contributed by atoms with van der Waals surface area (Å²) in [5.41, 5.74) is 1.82. The molecule has 0 saturated heterocycles. The molecular formula is C30H44N2O5. The third-order valence-corrected chi connectivity index (χ3v) is 3.18. The van der Waals surface area contributed by atoms with E-state index in [1.165, 1.54) is 5.57 Å². The molecule has 37 heavy (non-hydrogen) atoms. The van der Waals surface area contributed by atoms with Crippen LogP contribution in [0.2, 0.25) is 0 Å². The zero-order valence-electron chi connectivity index (χ0n) is 23.3. The van der Waals surface area contributed by atoms with E-state index in [1.807, 2.05) is 50.2 Å². The van der Waals surface area contributed by atoms with Crippen LogP contribution in [0.25, 0.3) is 21.8 Å². The lowest BCUT2D eigenvalue weighted by molar-refractivity contribution is 0.101. The van der Waals surface area contributed by atoms with Crippen LogP contribution in [0, 0.1) is 0 Å². The molecule has 0 amide bonds. The molecule has 0 spiro atoms. The predicted molar refractivity (Wildman–Crippen MR) is 155 cm³/mol. The van der Waals surface area contributed by atoms with Crippen molar-refractivity contribution in [2.75, 3.05) is 0 Å². The van der Waals surface area contributed by atoms with E-state index in [0.717, 1.165) is 21.8 Å². The van der Waals surface area contributed by atoms with Gasteiger partial charge in [0.2, 0.25) is 0 Å². The summed E-state index contributed by atoms with van der Waals surface area (Å²) in [7, 11) is 0. The maximum Gasteiger partial charge on any atom is 0.117 e. The molecule has 6 N–H and O–H groups in total. The van der Waals surface area contributed by atoms with E-state index >= 15 is 0 Å². The standard InChI is InChI=1S/2C9H7NO.2C4H10O.C4H8.H2O/c2*11-8-4-3-7-2-1-5-10-9(7)6-8;2*1-4(2,3)5;1-4(2)3;/h2*1-6,11H;2*5H,1-3H3;1H2,2-3H3;1H2. The molecule has 0 aliphatic carbocycles. The third-order valence-electron chi connectivity index (χ3n) is 3.18. The van der Waals surface area contributed by atoms with Gasteiger partial charge in [0, 0.05) is 35.3 Å². The minimum Gasteiger partial charge on any atom is -0.508 e. The topological polar surface area (TPSA) is 138 Å². The molecule has 0 fully saturated rings. The Balaban J connectivity index is 0. The summed E-state index contributed by atoms with van der Waals surface area (Å²) in [6, 6.07) is 18.0. The van der Waals surface area contributed by atoms with Crippen molar-refractivity contribution < 1.29 is 25.9 Å². The average Bonchev–Trinajstić information content (AvgIpc) is 2.71. The lowest BCUT2D eigenvalue weighted by atomic mass is 10.2. The summed E-state index contributed by atoms with van der Waals surface area (Å²) in [6.07, 6.45) is 3.42. The molecule has 2 heterocycles. The van der Waals surface area contributed by atoms with Crippen molar-refractivity contribution in [3.8, 4) is 11.5 Å². The summed E-state index contributed by atoms with van der Waals surface area (Å²) in [6.45, 7) is 18.0. The smallest absolute Gasteiger partial charge is 0.117 e. The van der Waals surface area contributed by atoms with Crippen molar-refractivity contribution in [3.63, 3.8) is 0 Å². The van der Waals surface area contributed by atoms with Gasteiger partial charge in [0.25, 0.3) is 0 Å². The van der Waals surface area contributed by atoms with Crippen molar-refractivity contribution in [2.45, 2.75) is 66.6 Å². The van der Waals surface area contributed by atoms with Gasteiger partial charge in [-0.2, -0.15) is 0 Å². The summed E-state index contributed by atoms with van der Waals surface area (Å²) in [5.74, 6) is 0.521. The Morgan fingerprint density at radius 3 is 1.19 bits per heavy atom. The van der Waals surface area contributed by atoms with Crippen molar-refractivity contribution in [2.24, 2.45) is 0 Å². The quantitative estimate of drug-likeness (QED) is 0.207. The summed E-state index contributed by atoms with van der Waals surface area (Å²) in [4.78, 5) is 8.16. The van der Waals surface area contributed by atoms with Gasteiger partial charge in [-0.25, -0.2) is 0 Å². The molecule has 204 valence electrons. The van der Waals surface area contributed by atoms with Gasteiger partial charge in [0.05, 0.1) is 22.2 Å². The number of phenolic OH excluding ortho intramolecular Hbond substituents is 2. The van der Waals surface area contributed by atoms with Crippen LogP contribution in [0.3, 0.4) is 0 Å². The number of hydrogen-bond acceptors (Lipinski definition) is 6. The molecule has 0 aliphatic heterocycles. The molecule has 0 radical (unpaired) electrons.